The van der Waals surface area contributed by atoms with Crippen molar-refractivity contribution in [1.82, 2.24) is 9.97 Å². The molecule has 25 heavy (non-hydrogen) atoms. The van der Waals surface area contributed by atoms with Crippen molar-refractivity contribution in [3.05, 3.63) is 48.7 Å². The largest absolute Gasteiger partial charge is 0.383 e. The van der Waals surface area contributed by atoms with Crippen molar-refractivity contribution < 1.29 is 9.50 Å². The van der Waals surface area contributed by atoms with Crippen LogP contribution in [0.15, 0.2) is 48.7 Å². The smallest absolute Gasteiger partial charge is 0.128 e. The van der Waals surface area contributed by atoms with E-state index in [0.717, 1.165) is 33.7 Å². The lowest BCUT2D eigenvalue weighted by atomic mass is 9.95. The number of anilines is 2. The molecule has 0 saturated carbocycles. The zero-order valence-electron chi connectivity index (χ0n) is 13.9. The molecule has 128 valence electrons. The van der Waals surface area contributed by atoms with Gasteiger partial charge in [-0.3, -0.25) is 0 Å². The maximum atomic E-state index is 12.7. The fraction of sp³-hybridized carbons (Fsp3) is 0.263. The number of nitrogens with zero attached hydrogens (tertiary/aromatic N) is 3. The lowest BCUT2D eigenvalue weighted by Crippen LogP contribution is -2.63. The van der Waals surface area contributed by atoms with Crippen molar-refractivity contribution >= 4 is 22.4 Å². The SMILES string of the molecule is CNc1cc(-c2ccc3cc(N4CC(O)(CF)C4)ccc3n2)ccn1. The molecule has 4 rings (SSSR count). The van der Waals surface area contributed by atoms with E-state index in [9.17, 15) is 9.50 Å². The van der Waals surface area contributed by atoms with Crippen molar-refractivity contribution in [2.75, 3.05) is 37.0 Å². The summed E-state index contributed by atoms with van der Waals surface area (Å²) in [5.74, 6) is 0.799. The number of hydrogen-bond donors (Lipinski definition) is 2. The summed E-state index contributed by atoms with van der Waals surface area (Å²) < 4.78 is 12.7. The molecule has 0 radical (unpaired) electrons. The van der Waals surface area contributed by atoms with Gasteiger partial charge < -0.3 is 15.3 Å². The molecule has 3 heterocycles. The third kappa shape index (κ3) is 2.89. The van der Waals surface area contributed by atoms with Crippen LogP contribution >= 0.6 is 0 Å². The van der Waals surface area contributed by atoms with E-state index in [-0.39, 0.29) is 0 Å². The van der Waals surface area contributed by atoms with E-state index in [1.165, 1.54) is 0 Å². The maximum Gasteiger partial charge on any atom is 0.128 e. The average molecular weight is 338 g/mol. The standard InChI is InChI=1S/C19H19FN4O/c1-21-18-9-14(6-7-22-18)16-4-2-13-8-15(3-5-17(13)23-16)24-11-19(25,10-20)12-24/h2-9,25H,10-12H2,1H3,(H,21,22). The number of alkyl halides is 1. The van der Waals surface area contributed by atoms with Crippen molar-refractivity contribution in [3.8, 4) is 11.3 Å². The summed E-state index contributed by atoms with van der Waals surface area (Å²) in [4.78, 5) is 10.9. The highest BCUT2D eigenvalue weighted by molar-refractivity contribution is 5.85. The van der Waals surface area contributed by atoms with Crippen molar-refractivity contribution in [3.63, 3.8) is 0 Å². The van der Waals surface area contributed by atoms with Crippen LogP contribution in [-0.2, 0) is 0 Å². The van der Waals surface area contributed by atoms with Gasteiger partial charge in [0.1, 0.15) is 18.1 Å². The molecule has 1 aliphatic heterocycles. The first-order valence-corrected chi connectivity index (χ1v) is 8.18. The van der Waals surface area contributed by atoms with Crippen molar-refractivity contribution in [2.24, 2.45) is 0 Å². The minimum atomic E-state index is -1.19. The number of halogens is 1. The van der Waals surface area contributed by atoms with Crippen LogP contribution in [0.3, 0.4) is 0 Å². The monoisotopic (exact) mass is 338 g/mol. The molecule has 0 atom stereocenters. The molecular formula is C19H19FN4O. The Hall–Kier alpha value is -2.73. The van der Waals surface area contributed by atoms with Gasteiger partial charge in [-0.05, 0) is 36.4 Å². The first-order chi connectivity index (χ1) is 12.1. The van der Waals surface area contributed by atoms with E-state index >= 15 is 0 Å². The number of β-amino-alcohol motifs (C(OH)–C–C–N with tert-alkyl or cyclic N) is 1. The van der Waals surface area contributed by atoms with Gasteiger partial charge in [0.15, 0.2) is 0 Å². The molecule has 0 aliphatic carbocycles. The molecule has 1 aliphatic rings. The molecule has 2 N–H and O–H groups in total. The highest BCUT2D eigenvalue weighted by Crippen LogP contribution is 2.31. The fourth-order valence-corrected chi connectivity index (χ4v) is 3.13. The summed E-state index contributed by atoms with van der Waals surface area (Å²) in [5.41, 5.74) is 2.56. The van der Waals surface area contributed by atoms with Crippen LogP contribution in [0.25, 0.3) is 22.2 Å². The van der Waals surface area contributed by atoms with Gasteiger partial charge in [-0.15, -0.1) is 0 Å². The molecule has 6 heteroatoms. The molecule has 0 unspecified atom stereocenters. The summed E-state index contributed by atoms with van der Waals surface area (Å²) in [6.07, 6.45) is 1.76. The van der Waals surface area contributed by atoms with Crippen LogP contribution in [0.5, 0.6) is 0 Å². The Kier molecular flexibility index (Phi) is 3.77. The number of aliphatic hydroxyl groups is 1. The van der Waals surface area contributed by atoms with Gasteiger partial charge in [0, 0.05) is 29.9 Å². The van der Waals surface area contributed by atoms with Gasteiger partial charge in [-0.1, -0.05) is 6.07 Å². The van der Waals surface area contributed by atoms with Gasteiger partial charge in [-0.25, -0.2) is 14.4 Å². The third-order valence-electron chi connectivity index (χ3n) is 4.57. The Morgan fingerprint density at radius 1 is 1.20 bits per heavy atom. The number of aromatic nitrogens is 2. The molecule has 1 fully saturated rings. The fourth-order valence-electron chi connectivity index (χ4n) is 3.13. The predicted octanol–water partition coefficient (Wildman–Crippen LogP) is 2.86. The maximum absolute atomic E-state index is 12.7. The predicted molar refractivity (Wildman–Crippen MR) is 97.7 cm³/mol. The third-order valence-corrected chi connectivity index (χ3v) is 4.57. The van der Waals surface area contributed by atoms with Crippen molar-refractivity contribution in [2.45, 2.75) is 5.60 Å². The van der Waals surface area contributed by atoms with Crippen LogP contribution < -0.4 is 10.2 Å². The number of fused-ring (bicyclic) bond motifs is 1. The van der Waals surface area contributed by atoms with Gasteiger partial charge in [0.2, 0.25) is 0 Å². The quantitative estimate of drug-likeness (QED) is 0.766. The highest BCUT2D eigenvalue weighted by atomic mass is 19.1. The summed E-state index contributed by atoms with van der Waals surface area (Å²) in [6.45, 7) is -0.0583. The van der Waals surface area contributed by atoms with Crippen LogP contribution in [0, 0.1) is 0 Å². The molecule has 1 saturated heterocycles. The number of rotatable bonds is 4. The Balaban J connectivity index is 1.63. The van der Waals surface area contributed by atoms with Gasteiger partial charge in [-0.2, -0.15) is 0 Å². The van der Waals surface area contributed by atoms with E-state index in [1.54, 1.807) is 6.20 Å². The lowest BCUT2D eigenvalue weighted by Gasteiger charge is -2.46. The first-order valence-electron chi connectivity index (χ1n) is 8.18. The Bertz CT molecular complexity index is 924. The van der Waals surface area contributed by atoms with Gasteiger partial charge >= 0.3 is 0 Å². The van der Waals surface area contributed by atoms with E-state index in [0.29, 0.717) is 13.1 Å². The zero-order chi connectivity index (χ0) is 17.4. The number of pyridine rings is 2. The topological polar surface area (TPSA) is 61.3 Å². The summed E-state index contributed by atoms with van der Waals surface area (Å²) >= 11 is 0. The van der Waals surface area contributed by atoms with Crippen LogP contribution in [0.1, 0.15) is 0 Å². The Morgan fingerprint density at radius 2 is 2.04 bits per heavy atom. The highest BCUT2D eigenvalue weighted by Gasteiger charge is 2.41. The van der Waals surface area contributed by atoms with Crippen molar-refractivity contribution in [1.29, 1.82) is 0 Å². The number of nitrogens with one attached hydrogen (secondary N) is 1. The second-order valence-corrected chi connectivity index (χ2v) is 6.47. The summed E-state index contributed by atoms with van der Waals surface area (Å²) in [6, 6.07) is 13.8. The minimum Gasteiger partial charge on any atom is -0.383 e. The van der Waals surface area contributed by atoms with Crippen LogP contribution in [0.4, 0.5) is 15.9 Å². The summed E-state index contributed by atoms with van der Waals surface area (Å²) in [5, 5.41) is 13.9. The molecule has 1 aromatic carbocycles. The second-order valence-electron chi connectivity index (χ2n) is 6.47. The molecule has 0 amide bonds. The second kappa shape index (κ2) is 5.97. The molecule has 5 nitrogen and oxygen atoms in total. The van der Waals surface area contributed by atoms with Crippen LogP contribution in [0.2, 0.25) is 0 Å². The van der Waals surface area contributed by atoms with E-state index < -0.39 is 12.3 Å². The molecule has 0 bridgehead atoms. The molecule has 0 spiro atoms. The van der Waals surface area contributed by atoms with E-state index in [2.05, 4.69) is 10.3 Å². The number of benzene rings is 1. The zero-order valence-corrected chi connectivity index (χ0v) is 13.9. The minimum absolute atomic E-state index is 0.324. The Morgan fingerprint density at radius 3 is 2.80 bits per heavy atom. The van der Waals surface area contributed by atoms with E-state index in [4.69, 9.17) is 4.98 Å². The Labute approximate surface area is 145 Å². The molecular weight excluding hydrogens is 319 g/mol. The molecule has 3 aromatic rings. The normalized spacial score (nSPS) is 15.9. The van der Waals surface area contributed by atoms with Gasteiger partial charge in [0.25, 0.3) is 0 Å². The average Bonchev–Trinajstić information content (AvgIpc) is 2.64. The van der Waals surface area contributed by atoms with E-state index in [1.807, 2.05) is 54.4 Å². The number of hydrogen-bond acceptors (Lipinski definition) is 5. The molecule has 2 aromatic heterocycles. The summed E-state index contributed by atoms with van der Waals surface area (Å²) in [7, 11) is 1.83. The van der Waals surface area contributed by atoms with Crippen LogP contribution in [-0.4, -0.2) is 47.5 Å². The first kappa shape index (κ1) is 15.8. The van der Waals surface area contributed by atoms with Gasteiger partial charge in [0.05, 0.1) is 24.3 Å². The lowest BCUT2D eigenvalue weighted by molar-refractivity contribution is -0.00981.